The smallest absolute Gasteiger partial charge is 0.216 e. The summed E-state index contributed by atoms with van der Waals surface area (Å²) in [4.78, 5) is 14.2. The topological polar surface area (TPSA) is 47.9 Å². The number of aromatic nitrogens is 3. The van der Waals surface area contributed by atoms with Crippen molar-refractivity contribution in [3.8, 4) is 5.88 Å². The van der Waals surface area contributed by atoms with E-state index in [1.54, 1.807) is 18.4 Å². The lowest BCUT2D eigenvalue weighted by Crippen LogP contribution is -1.99. The fourth-order valence-corrected chi connectivity index (χ4v) is 3.56. The zero-order valence-corrected chi connectivity index (χ0v) is 12.9. The van der Waals surface area contributed by atoms with Gasteiger partial charge in [0.05, 0.1) is 22.6 Å². The molecule has 2 aromatic heterocycles. The average molecular weight is 328 g/mol. The highest BCUT2D eigenvalue weighted by Gasteiger charge is 2.16. The zero-order valence-electron chi connectivity index (χ0n) is 10.5. The van der Waals surface area contributed by atoms with Gasteiger partial charge in [0, 0.05) is 23.1 Å². The van der Waals surface area contributed by atoms with Crippen molar-refractivity contribution >= 4 is 27.3 Å². The average Bonchev–Trinajstić information content (AvgIpc) is 2.69. The highest BCUT2D eigenvalue weighted by atomic mass is 79.9. The summed E-state index contributed by atoms with van der Waals surface area (Å²) in [6.07, 6.45) is 2.32. The molecule has 0 aromatic carbocycles. The van der Waals surface area contributed by atoms with Gasteiger partial charge >= 0.3 is 0 Å². The Morgan fingerprint density at radius 1 is 1.39 bits per heavy atom. The van der Waals surface area contributed by atoms with Gasteiger partial charge in [0.25, 0.3) is 0 Å². The normalized spacial score (nSPS) is 12.4. The quantitative estimate of drug-likeness (QED) is 0.809. The van der Waals surface area contributed by atoms with Gasteiger partial charge in [0.15, 0.2) is 0 Å². The standard InChI is InChI=1S/C12H14BrN3OS/c1-7-12(18-8(2)16-7)10(13)4-9-5-11(17-3)15-6-14-9/h5-6,10H,4H2,1-3H3. The first kappa shape index (κ1) is 13.4. The van der Waals surface area contributed by atoms with Gasteiger partial charge in [-0.2, -0.15) is 0 Å². The summed E-state index contributed by atoms with van der Waals surface area (Å²) >= 11 is 5.42. The van der Waals surface area contributed by atoms with Crippen LogP contribution in [0.2, 0.25) is 0 Å². The van der Waals surface area contributed by atoms with Crippen molar-refractivity contribution in [2.75, 3.05) is 7.11 Å². The van der Waals surface area contributed by atoms with E-state index in [0.29, 0.717) is 5.88 Å². The monoisotopic (exact) mass is 327 g/mol. The molecule has 2 aromatic rings. The van der Waals surface area contributed by atoms with E-state index < -0.39 is 0 Å². The van der Waals surface area contributed by atoms with E-state index in [2.05, 4.69) is 30.9 Å². The lowest BCUT2D eigenvalue weighted by atomic mass is 10.2. The fraction of sp³-hybridized carbons (Fsp3) is 0.417. The van der Waals surface area contributed by atoms with Gasteiger partial charge in [-0.05, 0) is 13.8 Å². The van der Waals surface area contributed by atoms with E-state index in [9.17, 15) is 0 Å². The Hall–Kier alpha value is -1.01. The number of aryl methyl sites for hydroxylation is 2. The molecule has 0 spiro atoms. The van der Waals surface area contributed by atoms with Crippen LogP contribution in [0.4, 0.5) is 0 Å². The largest absolute Gasteiger partial charge is 0.481 e. The molecule has 4 nitrogen and oxygen atoms in total. The summed E-state index contributed by atoms with van der Waals surface area (Å²) in [5.74, 6) is 0.594. The Kier molecular flexibility index (Phi) is 4.29. The molecule has 96 valence electrons. The number of nitrogens with zero attached hydrogens (tertiary/aromatic N) is 3. The van der Waals surface area contributed by atoms with Crippen LogP contribution in [-0.4, -0.2) is 22.1 Å². The van der Waals surface area contributed by atoms with Crippen molar-refractivity contribution in [2.24, 2.45) is 0 Å². The predicted octanol–water partition coefficient (Wildman–Crippen LogP) is 3.24. The summed E-state index contributed by atoms with van der Waals surface area (Å²) in [5.41, 5.74) is 2.04. The SMILES string of the molecule is COc1cc(CC(Br)c2sc(C)nc2C)ncn1. The Morgan fingerprint density at radius 2 is 2.17 bits per heavy atom. The van der Waals surface area contributed by atoms with Crippen molar-refractivity contribution in [1.29, 1.82) is 0 Å². The van der Waals surface area contributed by atoms with E-state index in [1.165, 1.54) is 11.2 Å². The predicted molar refractivity (Wildman–Crippen MR) is 75.5 cm³/mol. The van der Waals surface area contributed by atoms with Gasteiger partial charge in [-0.15, -0.1) is 11.3 Å². The second-order valence-corrected chi connectivity index (χ2v) is 6.25. The number of methoxy groups -OCH3 is 1. The maximum Gasteiger partial charge on any atom is 0.216 e. The third kappa shape index (κ3) is 3.05. The van der Waals surface area contributed by atoms with Gasteiger partial charge in [-0.25, -0.2) is 15.0 Å². The molecule has 0 saturated carbocycles. The Bertz CT molecular complexity index is 544. The van der Waals surface area contributed by atoms with E-state index >= 15 is 0 Å². The van der Waals surface area contributed by atoms with Crippen LogP contribution in [0.3, 0.4) is 0 Å². The molecule has 0 aliphatic heterocycles. The van der Waals surface area contributed by atoms with Gasteiger partial charge in [-0.1, -0.05) is 15.9 Å². The summed E-state index contributed by atoms with van der Waals surface area (Å²) in [6.45, 7) is 4.06. The first-order valence-corrected chi connectivity index (χ1v) is 7.26. The maximum atomic E-state index is 5.09. The van der Waals surface area contributed by atoms with Crippen molar-refractivity contribution in [3.05, 3.63) is 33.7 Å². The number of ether oxygens (including phenoxy) is 1. The molecular weight excluding hydrogens is 314 g/mol. The first-order chi connectivity index (χ1) is 8.60. The molecule has 6 heteroatoms. The lowest BCUT2D eigenvalue weighted by molar-refractivity contribution is 0.396. The molecule has 0 fully saturated rings. The number of thiazole rings is 1. The Balaban J connectivity index is 2.15. The molecular formula is C12H14BrN3OS. The summed E-state index contributed by atoms with van der Waals surface area (Å²) in [5, 5.41) is 1.09. The molecule has 0 radical (unpaired) electrons. The molecule has 0 saturated heterocycles. The van der Waals surface area contributed by atoms with Crippen LogP contribution in [0.15, 0.2) is 12.4 Å². The van der Waals surface area contributed by atoms with Crippen LogP contribution in [-0.2, 0) is 6.42 Å². The van der Waals surface area contributed by atoms with Crippen LogP contribution in [0.5, 0.6) is 5.88 Å². The minimum Gasteiger partial charge on any atom is -0.481 e. The van der Waals surface area contributed by atoms with Crippen molar-refractivity contribution in [1.82, 2.24) is 15.0 Å². The molecule has 1 atom stereocenters. The van der Waals surface area contributed by atoms with Gasteiger partial charge in [-0.3, -0.25) is 0 Å². The van der Waals surface area contributed by atoms with E-state index in [4.69, 9.17) is 4.74 Å². The molecule has 1 unspecified atom stereocenters. The summed E-state index contributed by atoms with van der Waals surface area (Å²) in [6, 6.07) is 1.86. The first-order valence-electron chi connectivity index (χ1n) is 5.53. The number of hydrogen-bond donors (Lipinski definition) is 0. The van der Waals surface area contributed by atoms with Crippen molar-refractivity contribution in [3.63, 3.8) is 0 Å². The van der Waals surface area contributed by atoms with Gasteiger partial charge < -0.3 is 4.74 Å². The van der Waals surface area contributed by atoms with Crippen molar-refractivity contribution < 1.29 is 4.74 Å². The number of hydrogen-bond acceptors (Lipinski definition) is 5. The van der Waals surface area contributed by atoms with Crippen LogP contribution in [0.25, 0.3) is 0 Å². The molecule has 0 aliphatic carbocycles. The highest BCUT2D eigenvalue weighted by molar-refractivity contribution is 9.09. The second-order valence-electron chi connectivity index (χ2n) is 3.91. The van der Waals surface area contributed by atoms with Crippen LogP contribution in [0.1, 0.15) is 26.1 Å². The van der Waals surface area contributed by atoms with Crippen molar-refractivity contribution in [2.45, 2.75) is 25.1 Å². The molecule has 0 aliphatic rings. The molecule has 2 heterocycles. The Morgan fingerprint density at radius 3 is 2.78 bits per heavy atom. The fourth-order valence-electron chi connectivity index (χ4n) is 1.71. The number of alkyl halides is 1. The van der Waals surface area contributed by atoms with E-state index in [0.717, 1.165) is 22.8 Å². The lowest BCUT2D eigenvalue weighted by Gasteiger charge is -2.08. The highest BCUT2D eigenvalue weighted by Crippen LogP contribution is 2.33. The molecule has 2 rings (SSSR count). The molecule has 18 heavy (non-hydrogen) atoms. The Labute approximate surface area is 119 Å². The summed E-state index contributed by atoms with van der Waals surface area (Å²) in [7, 11) is 1.61. The minimum absolute atomic E-state index is 0.225. The van der Waals surface area contributed by atoms with Gasteiger partial charge in [0.2, 0.25) is 5.88 Å². The van der Waals surface area contributed by atoms with E-state index in [1.807, 2.05) is 19.9 Å². The van der Waals surface area contributed by atoms with Crippen LogP contribution < -0.4 is 4.74 Å². The van der Waals surface area contributed by atoms with E-state index in [-0.39, 0.29) is 4.83 Å². The zero-order chi connectivity index (χ0) is 13.1. The minimum atomic E-state index is 0.225. The van der Waals surface area contributed by atoms with Gasteiger partial charge in [0.1, 0.15) is 6.33 Å². The third-order valence-corrected chi connectivity index (χ3v) is 4.79. The van der Waals surface area contributed by atoms with Crippen LogP contribution in [0, 0.1) is 13.8 Å². The summed E-state index contributed by atoms with van der Waals surface area (Å²) < 4.78 is 5.09. The second kappa shape index (κ2) is 5.75. The van der Waals surface area contributed by atoms with Crippen LogP contribution >= 0.6 is 27.3 Å². The molecule has 0 bridgehead atoms. The number of rotatable bonds is 4. The third-order valence-electron chi connectivity index (χ3n) is 2.52. The molecule has 0 amide bonds. The number of halogens is 1. The maximum absolute atomic E-state index is 5.09. The molecule has 0 N–H and O–H groups in total.